The van der Waals surface area contributed by atoms with Crippen LogP contribution in [0.5, 0.6) is 0 Å². The molecule has 2 aromatic rings. The van der Waals surface area contributed by atoms with Crippen LogP contribution in [0.3, 0.4) is 0 Å². The van der Waals surface area contributed by atoms with E-state index in [0.29, 0.717) is 35.6 Å². The van der Waals surface area contributed by atoms with Crippen molar-refractivity contribution in [2.75, 3.05) is 37.6 Å². The summed E-state index contributed by atoms with van der Waals surface area (Å²) in [6, 6.07) is 13.2. The van der Waals surface area contributed by atoms with Gasteiger partial charge >= 0.3 is 0 Å². The maximum Gasteiger partial charge on any atom is 0.245 e. The lowest BCUT2D eigenvalue weighted by Crippen LogP contribution is -2.48. The summed E-state index contributed by atoms with van der Waals surface area (Å²) in [5.74, 6) is 5.57. The first-order chi connectivity index (χ1) is 16.4. The molecule has 1 amide bonds. The van der Waals surface area contributed by atoms with Crippen LogP contribution in [0.25, 0.3) is 5.70 Å². The lowest BCUT2D eigenvalue weighted by molar-refractivity contribution is -0.129. The molecule has 4 N–H and O–H groups in total. The number of fused-ring (bicyclic) bond motifs is 1. The van der Waals surface area contributed by atoms with E-state index in [9.17, 15) is 14.4 Å². The van der Waals surface area contributed by atoms with Gasteiger partial charge < -0.3 is 20.4 Å². The minimum absolute atomic E-state index is 0.0118. The van der Waals surface area contributed by atoms with E-state index in [1.165, 1.54) is 5.56 Å². The summed E-state index contributed by atoms with van der Waals surface area (Å²) in [5, 5.41) is 9.56. The van der Waals surface area contributed by atoms with E-state index in [2.05, 4.69) is 17.6 Å². The number of aliphatic imine (C=N–C) groups is 1. The van der Waals surface area contributed by atoms with Crippen molar-refractivity contribution in [3.8, 4) is 6.07 Å². The monoisotopic (exact) mass is 462 g/mol. The van der Waals surface area contributed by atoms with E-state index in [1.807, 2.05) is 23.1 Å². The highest BCUT2D eigenvalue weighted by Crippen LogP contribution is 2.28. The van der Waals surface area contributed by atoms with Gasteiger partial charge in [0.25, 0.3) is 0 Å². The molecule has 1 fully saturated rings. The molecule has 0 aromatic heterocycles. The number of nitrogens with zero attached hydrogens (tertiary/aromatic N) is 4. The molecular formula is C25H27FN6O2. The van der Waals surface area contributed by atoms with Crippen molar-refractivity contribution in [2.45, 2.75) is 19.0 Å². The van der Waals surface area contributed by atoms with Gasteiger partial charge in [0.05, 0.1) is 36.6 Å². The number of alkyl halides is 1. The van der Waals surface area contributed by atoms with Gasteiger partial charge in [-0.15, -0.1) is 0 Å². The molecule has 2 aliphatic heterocycles. The first-order valence-electron chi connectivity index (χ1n) is 11.1. The normalized spacial score (nSPS) is 16.2. The van der Waals surface area contributed by atoms with Gasteiger partial charge in [0.1, 0.15) is 12.2 Å². The van der Waals surface area contributed by atoms with E-state index >= 15 is 0 Å². The number of hydrogen-bond donors (Lipinski definition) is 2. The molecule has 0 aliphatic carbocycles. The van der Waals surface area contributed by atoms with E-state index in [0.717, 1.165) is 24.0 Å². The van der Waals surface area contributed by atoms with Gasteiger partial charge in [0, 0.05) is 18.7 Å². The van der Waals surface area contributed by atoms with Gasteiger partial charge in [-0.3, -0.25) is 4.79 Å². The number of carbonyl (C=O) groups is 1. The van der Waals surface area contributed by atoms with Crippen LogP contribution in [-0.4, -0.2) is 55.6 Å². The molecule has 2 heterocycles. The molecule has 8 nitrogen and oxygen atoms in total. The smallest absolute Gasteiger partial charge is 0.245 e. The number of nitriles is 1. The number of benzene rings is 2. The third-order valence-electron chi connectivity index (χ3n) is 6.26. The summed E-state index contributed by atoms with van der Waals surface area (Å²) in [6.45, 7) is 5.89. The zero-order valence-corrected chi connectivity index (χ0v) is 18.8. The van der Waals surface area contributed by atoms with Gasteiger partial charge in [-0.05, 0) is 53.8 Å². The predicted octanol–water partition coefficient (Wildman–Crippen LogP) is 1.91. The zero-order valence-electron chi connectivity index (χ0n) is 18.8. The number of nitrogens with two attached hydrogens (primary N) is 2. The van der Waals surface area contributed by atoms with Crippen molar-refractivity contribution in [3.63, 3.8) is 0 Å². The van der Waals surface area contributed by atoms with Crippen LogP contribution in [0.15, 0.2) is 48.0 Å². The van der Waals surface area contributed by atoms with Crippen LogP contribution in [0.4, 0.5) is 10.1 Å². The Kier molecular flexibility index (Phi) is 6.91. The molecule has 0 bridgehead atoms. The largest absolute Gasteiger partial charge is 0.391 e. The molecule has 0 unspecified atom stereocenters. The molecular weight excluding hydrogens is 435 g/mol. The summed E-state index contributed by atoms with van der Waals surface area (Å²) in [6.07, 6.45) is 0.608. The molecule has 2 aromatic carbocycles. The van der Waals surface area contributed by atoms with Crippen molar-refractivity contribution >= 4 is 23.2 Å². The van der Waals surface area contributed by atoms with E-state index < -0.39 is 6.17 Å². The third kappa shape index (κ3) is 4.78. The molecule has 0 atom stereocenters. The Morgan fingerprint density at radius 2 is 1.88 bits per heavy atom. The number of carbonyl (C=O) groups excluding carboxylic acids is 1. The van der Waals surface area contributed by atoms with Crippen LogP contribution in [0, 0.1) is 11.3 Å². The third-order valence-corrected chi connectivity index (χ3v) is 6.26. The van der Waals surface area contributed by atoms with Crippen molar-refractivity contribution in [3.05, 3.63) is 70.8 Å². The average molecular weight is 463 g/mol. The fraction of sp³-hybridized carbons (Fsp3) is 0.320. The van der Waals surface area contributed by atoms with Crippen LogP contribution in [0.1, 0.15) is 27.8 Å². The Morgan fingerprint density at radius 1 is 1.18 bits per heavy atom. The van der Waals surface area contributed by atoms with Crippen molar-refractivity contribution in [1.82, 2.24) is 4.90 Å². The molecule has 0 spiro atoms. The van der Waals surface area contributed by atoms with E-state index in [1.54, 1.807) is 23.1 Å². The van der Waals surface area contributed by atoms with Gasteiger partial charge in [-0.2, -0.15) is 11.2 Å². The molecule has 4 rings (SSSR count). The molecule has 176 valence electrons. The van der Waals surface area contributed by atoms with E-state index in [-0.39, 0.29) is 31.4 Å². The predicted molar refractivity (Wildman–Crippen MR) is 129 cm³/mol. The van der Waals surface area contributed by atoms with Crippen LogP contribution >= 0.6 is 0 Å². The maximum absolute atomic E-state index is 13.2. The number of amides is 1. The molecule has 34 heavy (non-hydrogen) atoms. The lowest BCUT2D eigenvalue weighted by Gasteiger charge is -2.36. The van der Waals surface area contributed by atoms with E-state index in [4.69, 9.17) is 16.5 Å². The van der Waals surface area contributed by atoms with Gasteiger partial charge in [-0.1, -0.05) is 18.7 Å². The summed E-state index contributed by atoms with van der Waals surface area (Å²) >= 11 is 0. The van der Waals surface area contributed by atoms with Gasteiger partial charge in [-0.25, -0.2) is 9.38 Å². The summed E-state index contributed by atoms with van der Waals surface area (Å²) < 4.78 is 13.2. The number of hydrogen-bond acceptors (Lipinski definition) is 7. The molecule has 1 saturated heterocycles. The first-order valence-corrected chi connectivity index (χ1v) is 11.1. The molecule has 9 heteroatoms. The van der Waals surface area contributed by atoms with Crippen molar-refractivity contribution in [2.24, 2.45) is 16.6 Å². The topological polar surface area (TPSA) is 121 Å². The second kappa shape index (κ2) is 10.0. The fourth-order valence-corrected chi connectivity index (χ4v) is 4.29. The van der Waals surface area contributed by atoms with Crippen LogP contribution in [-0.2, 0) is 22.5 Å². The maximum atomic E-state index is 13.2. The highest BCUT2D eigenvalue weighted by molar-refractivity contribution is 5.98. The van der Waals surface area contributed by atoms with Gasteiger partial charge in [0.15, 0.2) is 0 Å². The molecule has 0 radical (unpaired) electrons. The fourth-order valence-electron chi connectivity index (χ4n) is 4.29. The van der Waals surface area contributed by atoms with Gasteiger partial charge in [0.2, 0.25) is 11.8 Å². The highest BCUT2D eigenvalue weighted by Gasteiger charge is 2.28. The summed E-state index contributed by atoms with van der Waals surface area (Å²) in [7, 11) is 0. The Labute approximate surface area is 197 Å². The number of anilines is 1. The molecule has 2 aliphatic rings. The molecule has 0 saturated carbocycles. The quantitative estimate of drug-likeness (QED) is 0.398. The lowest BCUT2D eigenvalue weighted by atomic mass is 9.99. The highest BCUT2D eigenvalue weighted by atomic mass is 19.1. The first kappa shape index (κ1) is 23.4. The SMILES string of the molecule is C=C(N=C(ON)c1ccc(N2CC(F)C2)c(C#N)c1)c1ccc2c(c1)CCN(C(=O)CN)CC2. The van der Waals surface area contributed by atoms with Crippen LogP contribution in [0.2, 0.25) is 0 Å². The minimum Gasteiger partial charge on any atom is -0.391 e. The summed E-state index contributed by atoms with van der Waals surface area (Å²) in [5.41, 5.74) is 10.7. The average Bonchev–Trinajstić information content (AvgIpc) is 3.06. The summed E-state index contributed by atoms with van der Waals surface area (Å²) in [4.78, 5) is 25.1. The van der Waals surface area contributed by atoms with Crippen molar-refractivity contribution in [1.29, 1.82) is 5.26 Å². The zero-order chi connectivity index (χ0) is 24.2. The number of halogens is 1. The second-order valence-corrected chi connectivity index (χ2v) is 8.40. The Morgan fingerprint density at radius 3 is 2.53 bits per heavy atom. The Hall–Kier alpha value is -3.74. The van der Waals surface area contributed by atoms with Crippen LogP contribution < -0.4 is 16.5 Å². The second-order valence-electron chi connectivity index (χ2n) is 8.40. The van der Waals surface area contributed by atoms with Crippen molar-refractivity contribution < 1.29 is 14.0 Å². The minimum atomic E-state index is -0.871. The standard InChI is InChI=1S/C25H27FN6O2/c1-16(18-3-2-17-6-8-31(24(33)13-28)9-7-19(17)10-18)30-25(34-29)20-4-5-23(21(11-20)12-27)32-14-22(26)15-32/h2-5,10-11,22H,1,6-9,13-15,28-29H2. The Balaban J connectivity index is 1.55. The Bertz CT molecular complexity index is 1180. The number of rotatable bonds is 5.